The predicted octanol–water partition coefficient (Wildman–Crippen LogP) is 3.62. The Hall–Kier alpha value is -0.593. The van der Waals surface area contributed by atoms with Crippen LogP contribution in [0.2, 0.25) is 18.1 Å². The Labute approximate surface area is 137 Å². The molecule has 2 N–H and O–H groups in total. The maximum Gasteiger partial charge on any atom is 0.407 e. The smallest absolute Gasteiger partial charge is 0.407 e. The molecule has 0 saturated carbocycles. The Balaban J connectivity index is 5.04. The van der Waals surface area contributed by atoms with E-state index >= 15 is 0 Å². The maximum atomic E-state index is 11.2. The zero-order chi connectivity index (χ0) is 17.7. The maximum absolute atomic E-state index is 11.2. The van der Waals surface area contributed by atoms with Gasteiger partial charge < -0.3 is 19.7 Å². The summed E-state index contributed by atoms with van der Waals surface area (Å²) in [5.41, 5.74) is 0. The second-order valence-corrected chi connectivity index (χ2v) is 12.9. The van der Waals surface area contributed by atoms with Crippen LogP contribution in [0, 0.1) is 5.92 Å². The highest BCUT2D eigenvalue weighted by Gasteiger charge is 2.40. The molecule has 0 aromatic heterocycles. The van der Waals surface area contributed by atoms with Gasteiger partial charge >= 0.3 is 6.09 Å². The minimum atomic E-state index is -1.94. The number of amides is 1. The first-order valence-electron chi connectivity index (χ1n) is 8.13. The van der Waals surface area contributed by atoms with Gasteiger partial charge in [0.1, 0.15) is 0 Å². The van der Waals surface area contributed by atoms with Crippen LogP contribution in [0.15, 0.2) is 0 Å². The van der Waals surface area contributed by atoms with Gasteiger partial charge in [-0.2, -0.15) is 0 Å². The Kier molecular flexibility index (Phi) is 8.09. The predicted molar refractivity (Wildman–Crippen MR) is 95.0 cm³/mol. The second-order valence-electron chi connectivity index (χ2n) is 8.12. The van der Waals surface area contributed by atoms with Crippen LogP contribution in [-0.2, 0) is 4.43 Å². The molecule has 2 atom stereocenters. The summed E-state index contributed by atoms with van der Waals surface area (Å²) in [4.78, 5) is 12.5. The summed E-state index contributed by atoms with van der Waals surface area (Å²) in [5, 5.41) is 12.7. The Morgan fingerprint density at radius 1 is 1.27 bits per heavy atom. The molecule has 0 radical (unpaired) electrons. The second kappa shape index (κ2) is 8.31. The normalized spacial score (nSPS) is 15.7. The molecule has 5 nitrogen and oxygen atoms in total. The third-order valence-electron chi connectivity index (χ3n) is 4.52. The Morgan fingerprint density at radius 3 is 2.14 bits per heavy atom. The highest BCUT2D eigenvalue weighted by molar-refractivity contribution is 6.74. The van der Waals surface area contributed by atoms with Gasteiger partial charge in [0.25, 0.3) is 0 Å². The largest absolute Gasteiger partial charge is 0.465 e. The minimum absolute atomic E-state index is 0.0896. The highest BCUT2D eigenvalue weighted by atomic mass is 28.4. The molecule has 0 saturated heterocycles. The number of carbonyl (C=O) groups is 1. The number of nitrogens with zero attached hydrogens (tertiary/aromatic N) is 1. The van der Waals surface area contributed by atoms with Crippen LogP contribution in [0.3, 0.4) is 0 Å². The molecule has 0 aliphatic carbocycles. The lowest BCUT2D eigenvalue weighted by atomic mass is 10.0. The van der Waals surface area contributed by atoms with Gasteiger partial charge in [0, 0.05) is 26.2 Å². The number of carboxylic acid groups (broad SMARTS) is 1. The van der Waals surface area contributed by atoms with E-state index in [0.717, 1.165) is 6.54 Å². The van der Waals surface area contributed by atoms with E-state index in [0.29, 0.717) is 12.6 Å². The van der Waals surface area contributed by atoms with E-state index in [1.54, 1.807) is 7.05 Å². The van der Waals surface area contributed by atoms with Gasteiger partial charge in [-0.15, -0.1) is 0 Å². The van der Waals surface area contributed by atoms with Crippen molar-refractivity contribution >= 4 is 14.4 Å². The van der Waals surface area contributed by atoms with Gasteiger partial charge in [0.15, 0.2) is 8.32 Å². The highest BCUT2D eigenvalue weighted by Crippen LogP contribution is 2.38. The molecule has 0 aromatic rings. The van der Waals surface area contributed by atoms with E-state index in [1.807, 2.05) is 0 Å². The van der Waals surface area contributed by atoms with Crippen molar-refractivity contribution in [1.82, 2.24) is 10.2 Å². The Bertz CT molecular complexity index is 354. The molecule has 132 valence electrons. The third kappa shape index (κ3) is 7.11. The summed E-state index contributed by atoms with van der Waals surface area (Å²) in [6.45, 7) is 18.6. The lowest BCUT2D eigenvalue weighted by molar-refractivity contribution is 0.0810. The first-order chi connectivity index (χ1) is 9.78. The van der Waals surface area contributed by atoms with Gasteiger partial charge in [-0.05, 0) is 24.1 Å². The zero-order valence-electron chi connectivity index (χ0n) is 15.9. The summed E-state index contributed by atoms with van der Waals surface area (Å²) in [6.07, 6.45) is -0.999. The number of rotatable bonds is 8. The average Bonchev–Trinajstić information content (AvgIpc) is 2.32. The van der Waals surface area contributed by atoms with Crippen molar-refractivity contribution in [2.45, 2.75) is 71.8 Å². The van der Waals surface area contributed by atoms with Crippen molar-refractivity contribution < 1.29 is 14.3 Å². The van der Waals surface area contributed by atoms with Crippen molar-refractivity contribution in [3.8, 4) is 0 Å². The fourth-order valence-corrected chi connectivity index (χ4v) is 3.21. The quantitative estimate of drug-likeness (QED) is 0.666. The molecule has 0 rings (SSSR count). The molecule has 0 bridgehead atoms. The van der Waals surface area contributed by atoms with Crippen molar-refractivity contribution in [3.63, 3.8) is 0 Å². The molecule has 1 amide bonds. The van der Waals surface area contributed by atoms with E-state index in [4.69, 9.17) is 9.53 Å². The van der Waals surface area contributed by atoms with Crippen molar-refractivity contribution in [3.05, 3.63) is 0 Å². The van der Waals surface area contributed by atoms with Gasteiger partial charge in [0.2, 0.25) is 0 Å². The van der Waals surface area contributed by atoms with Gasteiger partial charge in [0.05, 0.1) is 6.10 Å². The molecule has 0 spiro atoms. The lowest BCUT2D eigenvalue weighted by Crippen LogP contribution is -2.50. The molecule has 0 aliphatic heterocycles. The van der Waals surface area contributed by atoms with Crippen LogP contribution in [0.4, 0.5) is 4.79 Å². The molecular formula is C16H36N2O3Si. The molecule has 0 fully saturated rings. The van der Waals surface area contributed by atoms with Crippen molar-refractivity contribution in [2.24, 2.45) is 5.92 Å². The summed E-state index contributed by atoms with van der Waals surface area (Å²) < 4.78 is 6.51. The van der Waals surface area contributed by atoms with Crippen LogP contribution in [0.5, 0.6) is 0 Å². The topological polar surface area (TPSA) is 61.8 Å². The molecule has 0 aliphatic rings. The fraction of sp³-hybridized carbons (Fsp3) is 0.938. The van der Waals surface area contributed by atoms with E-state index in [2.05, 4.69) is 60.0 Å². The molecular weight excluding hydrogens is 296 g/mol. The summed E-state index contributed by atoms with van der Waals surface area (Å²) in [7, 11) is -0.332. The van der Waals surface area contributed by atoms with E-state index in [-0.39, 0.29) is 17.1 Å². The van der Waals surface area contributed by atoms with Crippen LogP contribution in [0.1, 0.15) is 41.5 Å². The summed E-state index contributed by atoms with van der Waals surface area (Å²) in [5.74, 6) is 0.248. The minimum Gasteiger partial charge on any atom is -0.465 e. The van der Waals surface area contributed by atoms with Crippen molar-refractivity contribution in [2.75, 3.05) is 20.1 Å². The summed E-state index contributed by atoms with van der Waals surface area (Å²) >= 11 is 0. The van der Waals surface area contributed by atoms with Gasteiger partial charge in [-0.1, -0.05) is 41.5 Å². The monoisotopic (exact) mass is 332 g/mol. The van der Waals surface area contributed by atoms with E-state index < -0.39 is 14.4 Å². The van der Waals surface area contributed by atoms with Crippen molar-refractivity contribution in [1.29, 1.82) is 0 Å². The van der Waals surface area contributed by atoms with Crippen LogP contribution >= 0.6 is 0 Å². The average molecular weight is 333 g/mol. The lowest BCUT2D eigenvalue weighted by Gasteiger charge is -2.41. The third-order valence-corrected chi connectivity index (χ3v) is 9.02. The molecule has 22 heavy (non-hydrogen) atoms. The summed E-state index contributed by atoms with van der Waals surface area (Å²) in [6, 6.07) is 0.410. The van der Waals surface area contributed by atoms with Gasteiger partial charge in [-0.25, -0.2) is 4.79 Å². The molecule has 0 heterocycles. The zero-order valence-corrected chi connectivity index (χ0v) is 16.9. The molecule has 6 heteroatoms. The number of nitrogens with one attached hydrogen (secondary N) is 1. The first kappa shape index (κ1) is 21.4. The fourth-order valence-electron chi connectivity index (χ4n) is 1.79. The molecule has 0 aromatic carbocycles. The number of likely N-dealkylation sites (N-methyl/N-ethyl adjacent to an activating group) is 1. The number of hydrogen-bond acceptors (Lipinski definition) is 3. The van der Waals surface area contributed by atoms with E-state index in [1.165, 1.54) is 4.90 Å². The molecule has 0 unspecified atom stereocenters. The Morgan fingerprint density at radius 2 is 1.77 bits per heavy atom. The first-order valence-corrected chi connectivity index (χ1v) is 11.0. The standard InChI is InChI=1S/C16H36N2O3Si/c1-12(2)17-10-13(3)14(11-18(7)15(19)20)21-22(8,9)16(4,5)6/h12-14,17H,10-11H2,1-9H3,(H,19,20)/t13-,14+/m1/s1. The van der Waals surface area contributed by atoms with Gasteiger partial charge in [-0.3, -0.25) is 0 Å². The van der Waals surface area contributed by atoms with E-state index in [9.17, 15) is 4.79 Å². The van der Waals surface area contributed by atoms with Crippen LogP contribution < -0.4 is 5.32 Å². The number of hydrogen-bond donors (Lipinski definition) is 2. The van der Waals surface area contributed by atoms with Crippen LogP contribution in [0.25, 0.3) is 0 Å². The van der Waals surface area contributed by atoms with Crippen LogP contribution in [-0.4, -0.2) is 56.7 Å². The SMILES string of the molecule is CC(C)NC[C@@H](C)[C@H](CN(C)C(=O)O)O[Si](C)(C)C(C)(C)C.